The minimum atomic E-state index is -0.332. The second-order valence-corrected chi connectivity index (χ2v) is 6.66. The van der Waals surface area contributed by atoms with Gasteiger partial charge in [0.2, 0.25) is 12.7 Å². The Kier molecular flexibility index (Phi) is 4.91. The van der Waals surface area contributed by atoms with Crippen LogP contribution >= 0.6 is 0 Å². The van der Waals surface area contributed by atoms with Gasteiger partial charge in [0.25, 0.3) is 0 Å². The smallest absolute Gasteiger partial charge is 0.231 e. The third-order valence-corrected chi connectivity index (χ3v) is 4.45. The van der Waals surface area contributed by atoms with Crippen LogP contribution in [0.4, 0.5) is 0 Å². The quantitative estimate of drug-likeness (QED) is 0.847. The lowest BCUT2D eigenvalue weighted by molar-refractivity contribution is -0.133. The molecule has 6 nitrogen and oxygen atoms in total. The summed E-state index contributed by atoms with van der Waals surface area (Å²) in [7, 11) is 0. The van der Waals surface area contributed by atoms with E-state index in [1.807, 2.05) is 23.1 Å². The van der Waals surface area contributed by atoms with Crippen LogP contribution in [-0.2, 0) is 4.79 Å². The van der Waals surface area contributed by atoms with E-state index >= 15 is 0 Å². The maximum absolute atomic E-state index is 12.2. The molecule has 2 heterocycles. The molecule has 1 aromatic carbocycles. The monoisotopic (exact) mass is 329 g/mol. The van der Waals surface area contributed by atoms with E-state index in [0.717, 1.165) is 11.3 Å². The van der Waals surface area contributed by atoms with E-state index in [4.69, 9.17) is 9.47 Å². The molecule has 0 aliphatic carbocycles. The van der Waals surface area contributed by atoms with Crippen molar-refractivity contribution >= 4 is 5.91 Å². The zero-order chi connectivity index (χ0) is 17.1. The maximum Gasteiger partial charge on any atom is 0.231 e. The van der Waals surface area contributed by atoms with Gasteiger partial charge in [0.15, 0.2) is 11.5 Å². The minimum absolute atomic E-state index is 0.209. The normalized spacial score (nSPS) is 18.5. The zero-order valence-electron chi connectivity index (χ0n) is 14.2. The van der Waals surface area contributed by atoms with Gasteiger partial charge in [-0.25, -0.2) is 0 Å². The molecule has 1 aromatic rings. The molecule has 2 aliphatic heterocycles. The van der Waals surface area contributed by atoms with E-state index in [0.29, 0.717) is 44.3 Å². The molecule has 1 unspecified atom stereocenters. The van der Waals surface area contributed by atoms with Gasteiger partial charge in [-0.3, -0.25) is 9.69 Å². The first-order valence-electron chi connectivity index (χ1n) is 8.39. The largest absolute Gasteiger partial charge is 0.454 e. The topological polar surface area (TPSA) is 65.8 Å². The lowest BCUT2D eigenvalue weighted by atomic mass is 10.0. The Bertz CT molecular complexity index is 645. The molecule has 0 radical (unpaired) electrons. The van der Waals surface area contributed by atoms with Gasteiger partial charge in [0.1, 0.15) is 6.04 Å². The van der Waals surface area contributed by atoms with Crippen molar-refractivity contribution in [1.82, 2.24) is 9.80 Å². The van der Waals surface area contributed by atoms with Crippen LogP contribution in [0, 0.1) is 17.2 Å². The van der Waals surface area contributed by atoms with Gasteiger partial charge in [-0.1, -0.05) is 19.9 Å². The van der Waals surface area contributed by atoms with Gasteiger partial charge < -0.3 is 14.4 Å². The molecular weight excluding hydrogens is 306 g/mol. The summed E-state index contributed by atoms with van der Waals surface area (Å²) >= 11 is 0. The van der Waals surface area contributed by atoms with Gasteiger partial charge in [-0.05, 0) is 23.6 Å². The number of benzene rings is 1. The standard InChI is InChI=1S/C18H23N3O3/c1-13(2)9-18(22)21-7-5-20(6-8-21)15(11-19)14-3-4-16-17(10-14)24-12-23-16/h3-4,10,13,15H,5-9,12H2,1-2H3. The molecule has 1 fully saturated rings. The first-order chi connectivity index (χ1) is 11.6. The fraction of sp³-hybridized carbons (Fsp3) is 0.556. The molecule has 0 N–H and O–H groups in total. The van der Waals surface area contributed by atoms with Crippen LogP contribution in [0.25, 0.3) is 0 Å². The summed E-state index contributed by atoms with van der Waals surface area (Å²) < 4.78 is 10.7. The highest BCUT2D eigenvalue weighted by Gasteiger charge is 2.28. The lowest BCUT2D eigenvalue weighted by Gasteiger charge is -2.37. The lowest BCUT2D eigenvalue weighted by Crippen LogP contribution is -2.49. The number of carbonyl (C=O) groups is 1. The number of fused-ring (bicyclic) bond motifs is 1. The van der Waals surface area contributed by atoms with Crippen LogP contribution in [0.5, 0.6) is 11.5 Å². The van der Waals surface area contributed by atoms with Crippen molar-refractivity contribution in [2.45, 2.75) is 26.3 Å². The summed E-state index contributed by atoms with van der Waals surface area (Å²) in [6.07, 6.45) is 0.587. The molecule has 1 atom stereocenters. The Morgan fingerprint density at radius 1 is 1.21 bits per heavy atom. The Hall–Kier alpha value is -2.26. The minimum Gasteiger partial charge on any atom is -0.454 e. The first kappa shape index (κ1) is 16.6. The number of rotatable bonds is 4. The molecule has 6 heteroatoms. The molecule has 128 valence electrons. The first-order valence-corrected chi connectivity index (χ1v) is 8.39. The van der Waals surface area contributed by atoms with Crippen molar-refractivity contribution in [2.75, 3.05) is 33.0 Å². The average Bonchev–Trinajstić information content (AvgIpc) is 3.03. The number of nitrogens with zero attached hydrogens (tertiary/aromatic N) is 3. The Morgan fingerprint density at radius 2 is 1.92 bits per heavy atom. The second-order valence-electron chi connectivity index (χ2n) is 6.66. The number of hydrogen-bond donors (Lipinski definition) is 0. The van der Waals surface area contributed by atoms with Gasteiger partial charge >= 0.3 is 0 Å². The van der Waals surface area contributed by atoms with E-state index in [2.05, 4.69) is 24.8 Å². The highest BCUT2D eigenvalue weighted by atomic mass is 16.7. The van der Waals surface area contributed by atoms with Crippen molar-refractivity contribution < 1.29 is 14.3 Å². The molecule has 1 saturated heterocycles. The molecule has 0 aromatic heterocycles. The Labute approximate surface area is 142 Å². The highest BCUT2D eigenvalue weighted by Crippen LogP contribution is 2.35. The molecule has 3 rings (SSSR count). The van der Waals surface area contributed by atoms with E-state index in [1.165, 1.54) is 0 Å². The van der Waals surface area contributed by atoms with E-state index in [-0.39, 0.29) is 18.7 Å². The summed E-state index contributed by atoms with van der Waals surface area (Å²) in [6.45, 7) is 7.10. The maximum atomic E-state index is 12.2. The molecule has 24 heavy (non-hydrogen) atoms. The predicted molar refractivity (Wildman–Crippen MR) is 88.5 cm³/mol. The highest BCUT2D eigenvalue weighted by molar-refractivity contribution is 5.76. The van der Waals surface area contributed by atoms with Crippen LogP contribution < -0.4 is 9.47 Å². The van der Waals surface area contributed by atoms with Crippen LogP contribution in [0.3, 0.4) is 0 Å². The molecule has 0 saturated carbocycles. The van der Waals surface area contributed by atoms with E-state index in [1.54, 1.807) is 0 Å². The summed E-state index contributed by atoms with van der Waals surface area (Å²) in [5, 5.41) is 9.63. The van der Waals surface area contributed by atoms with Gasteiger partial charge in [-0.2, -0.15) is 5.26 Å². The van der Waals surface area contributed by atoms with Crippen LogP contribution in [-0.4, -0.2) is 48.7 Å². The molecule has 0 spiro atoms. The number of piperazine rings is 1. The summed E-state index contributed by atoms with van der Waals surface area (Å²) in [6, 6.07) is 7.70. The number of amides is 1. The van der Waals surface area contributed by atoms with Crippen molar-refractivity contribution in [3.05, 3.63) is 23.8 Å². The van der Waals surface area contributed by atoms with E-state index < -0.39 is 0 Å². The van der Waals surface area contributed by atoms with E-state index in [9.17, 15) is 10.1 Å². The number of nitriles is 1. The zero-order valence-corrected chi connectivity index (χ0v) is 14.2. The van der Waals surface area contributed by atoms with Crippen LogP contribution in [0.1, 0.15) is 31.9 Å². The van der Waals surface area contributed by atoms with Crippen LogP contribution in [0.2, 0.25) is 0 Å². The van der Waals surface area contributed by atoms with Crippen molar-refractivity contribution in [3.63, 3.8) is 0 Å². The fourth-order valence-corrected chi connectivity index (χ4v) is 3.16. The van der Waals surface area contributed by atoms with Crippen molar-refractivity contribution in [1.29, 1.82) is 5.26 Å². The summed E-state index contributed by atoms with van der Waals surface area (Å²) in [5.74, 6) is 2.00. The second kappa shape index (κ2) is 7.10. The fourth-order valence-electron chi connectivity index (χ4n) is 3.16. The molecule has 1 amide bonds. The Morgan fingerprint density at radius 3 is 2.58 bits per heavy atom. The summed E-state index contributed by atoms with van der Waals surface area (Å²) in [4.78, 5) is 16.2. The Balaban J connectivity index is 1.64. The van der Waals surface area contributed by atoms with Crippen molar-refractivity contribution in [2.24, 2.45) is 5.92 Å². The molecule has 2 aliphatic rings. The number of hydrogen-bond acceptors (Lipinski definition) is 5. The SMILES string of the molecule is CC(C)CC(=O)N1CCN(C(C#N)c2ccc3c(c2)OCO3)CC1. The van der Waals surface area contributed by atoms with Crippen molar-refractivity contribution in [3.8, 4) is 17.6 Å². The number of ether oxygens (including phenoxy) is 2. The van der Waals surface area contributed by atoms with Gasteiger partial charge in [0, 0.05) is 32.6 Å². The van der Waals surface area contributed by atoms with Gasteiger partial charge in [-0.15, -0.1) is 0 Å². The third-order valence-electron chi connectivity index (χ3n) is 4.45. The predicted octanol–water partition coefficient (Wildman–Crippen LogP) is 2.17. The average molecular weight is 329 g/mol. The number of carbonyl (C=O) groups excluding carboxylic acids is 1. The van der Waals surface area contributed by atoms with Gasteiger partial charge in [0.05, 0.1) is 6.07 Å². The molecule has 0 bridgehead atoms. The summed E-state index contributed by atoms with van der Waals surface area (Å²) in [5.41, 5.74) is 0.906. The third kappa shape index (κ3) is 3.46. The van der Waals surface area contributed by atoms with Crippen LogP contribution in [0.15, 0.2) is 18.2 Å². The molecular formula is C18H23N3O3.